The Hall–Kier alpha value is -3.45. The van der Waals surface area contributed by atoms with Crippen LogP contribution in [0.1, 0.15) is 0 Å². The first-order chi connectivity index (χ1) is 12.9. The van der Waals surface area contributed by atoms with Crippen LogP contribution in [-0.4, -0.2) is 0 Å². The van der Waals surface area contributed by atoms with Gasteiger partial charge in [-0.15, -0.1) is 0 Å². The molecule has 5 aromatic rings. The molecule has 1 heterocycles. The van der Waals surface area contributed by atoms with Crippen LogP contribution in [0, 0.1) is 0 Å². The molecule has 0 aliphatic heterocycles. The molecule has 0 spiro atoms. The van der Waals surface area contributed by atoms with E-state index in [4.69, 9.17) is 4.42 Å². The average Bonchev–Trinajstić information content (AvgIpc) is 2.73. The van der Waals surface area contributed by atoms with Crippen LogP contribution >= 0.6 is 0 Å². The molecule has 0 N–H and O–H groups in total. The first-order valence-electron chi connectivity index (χ1n) is 8.78. The quantitative estimate of drug-likeness (QED) is 0.311. The summed E-state index contributed by atoms with van der Waals surface area (Å²) >= 11 is 0. The van der Waals surface area contributed by atoms with Crippen molar-refractivity contribution in [1.82, 2.24) is 0 Å². The molecule has 26 heavy (non-hydrogen) atoms. The fourth-order valence-corrected chi connectivity index (χ4v) is 3.40. The highest BCUT2D eigenvalue weighted by molar-refractivity contribution is 5.88. The standard InChI is InChI=1S/C25H17O/c1-3-8-20-16-22(14-12-18(20)6-1)24-10-5-11-25(26-24)23-15-13-19-7-2-4-9-21(19)17-23/h1-17H/q+1. The van der Waals surface area contributed by atoms with Crippen molar-refractivity contribution in [2.24, 2.45) is 0 Å². The summed E-state index contributed by atoms with van der Waals surface area (Å²) in [6, 6.07) is 35.7. The Morgan fingerprint density at radius 1 is 0.385 bits per heavy atom. The summed E-state index contributed by atoms with van der Waals surface area (Å²) in [5.74, 6) is 1.75. The number of benzene rings is 4. The second kappa shape index (κ2) is 6.12. The molecule has 5 rings (SSSR count). The lowest BCUT2D eigenvalue weighted by Crippen LogP contribution is -1.83. The predicted octanol–water partition coefficient (Wildman–Crippen LogP) is 7.20. The lowest BCUT2D eigenvalue weighted by molar-refractivity contribution is 0.582. The Labute approximate surface area is 152 Å². The maximum atomic E-state index is 6.25. The molecule has 0 saturated heterocycles. The van der Waals surface area contributed by atoms with Gasteiger partial charge in [0.05, 0.1) is 11.1 Å². The summed E-state index contributed by atoms with van der Waals surface area (Å²) in [5, 5.41) is 4.91. The fraction of sp³-hybridized carbons (Fsp3) is 0. The van der Waals surface area contributed by atoms with Gasteiger partial charge >= 0.3 is 11.5 Å². The smallest absolute Gasteiger partial charge is 0.207 e. The molecule has 0 saturated carbocycles. The summed E-state index contributed by atoms with van der Waals surface area (Å²) in [6.45, 7) is 0. The monoisotopic (exact) mass is 333 g/mol. The van der Waals surface area contributed by atoms with Crippen molar-refractivity contribution < 1.29 is 4.42 Å². The Balaban J connectivity index is 1.60. The van der Waals surface area contributed by atoms with Crippen LogP contribution in [0.3, 0.4) is 0 Å². The molecular formula is C25H17O+. The Morgan fingerprint density at radius 2 is 0.846 bits per heavy atom. The summed E-state index contributed by atoms with van der Waals surface area (Å²) in [5.41, 5.74) is 2.18. The maximum absolute atomic E-state index is 6.25. The third kappa shape index (κ3) is 2.64. The van der Waals surface area contributed by atoms with E-state index < -0.39 is 0 Å². The van der Waals surface area contributed by atoms with E-state index in [-0.39, 0.29) is 0 Å². The highest BCUT2D eigenvalue weighted by Gasteiger charge is 2.17. The van der Waals surface area contributed by atoms with Crippen LogP contribution < -0.4 is 0 Å². The largest absolute Gasteiger partial charge is 0.360 e. The topological polar surface area (TPSA) is 11.3 Å². The Morgan fingerprint density at radius 3 is 1.35 bits per heavy atom. The molecule has 0 unspecified atom stereocenters. The van der Waals surface area contributed by atoms with Gasteiger partial charge in [-0.2, -0.15) is 0 Å². The highest BCUT2D eigenvalue weighted by atomic mass is 16.3. The van der Waals surface area contributed by atoms with Gasteiger partial charge in [-0.1, -0.05) is 60.7 Å². The number of fused-ring (bicyclic) bond motifs is 2. The lowest BCUT2D eigenvalue weighted by Gasteiger charge is -2.00. The van der Waals surface area contributed by atoms with Crippen molar-refractivity contribution in [2.45, 2.75) is 0 Å². The minimum Gasteiger partial charge on any atom is -0.207 e. The summed E-state index contributed by atoms with van der Waals surface area (Å²) in [4.78, 5) is 0. The number of hydrogen-bond acceptors (Lipinski definition) is 0. The van der Waals surface area contributed by atoms with E-state index >= 15 is 0 Å². The second-order valence-corrected chi connectivity index (χ2v) is 6.48. The minimum atomic E-state index is 0.876. The zero-order valence-electron chi connectivity index (χ0n) is 14.2. The normalized spacial score (nSPS) is 11.1. The third-order valence-electron chi connectivity index (χ3n) is 4.78. The lowest BCUT2D eigenvalue weighted by atomic mass is 10.0. The van der Waals surface area contributed by atoms with E-state index in [0.29, 0.717) is 0 Å². The Kier molecular flexibility index (Phi) is 3.50. The summed E-state index contributed by atoms with van der Waals surface area (Å²) in [6.07, 6.45) is 0. The summed E-state index contributed by atoms with van der Waals surface area (Å²) < 4.78 is 6.25. The molecule has 1 aromatic heterocycles. The van der Waals surface area contributed by atoms with Crippen molar-refractivity contribution in [2.75, 3.05) is 0 Å². The van der Waals surface area contributed by atoms with E-state index in [2.05, 4.69) is 91.0 Å². The molecule has 1 nitrogen and oxygen atoms in total. The van der Waals surface area contributed by atoms with Gasteiger partial charge in [0, 0.05) is 12.1 Å². The zero-order valence-corrected chi connectivity index (χ0v) is 14.2. The van der Waals surface area contributed by atoms with Crippen LogP contribution in [0.4, 0.5) is 0 Å². The molecule has 0 aliphatic carbocycles. The van der Waals surface area contributed by atoms with Gasteiger partial charge in [0.2, 0.25) is 0 Å². The molecule has 0 aliphatic rings. The van der Waals surface area contributed by atoms with Crippen molar-refractivity contribution in [3.63, 3.8) is 0 Å². The van der Waals surface area contributed by atoms with Crippen LogP contribution in [0.5, 0.6) is 0 Å². The SMILES string of the molecule is c1cc(-c2ccc3ccccc3c2)[o+]c(-c2ccc3ccccc3c2)c1. The molecule has 0 atom stereocenters. The van der Waals surface area contributed by atoms with Gasteiger partial charge in [0.15, 0.2) is 0 Å². The molecule has 4 aromatic carbocycles. The van der Waals surface area contributed by atoms with E-state index in [9.17, 15) is 0 Å². The van der Waals surface area contributed by atoms with Crippen molar-refractivity contribution in [1.29, 1.82) is 0 Å². The minimum absolute atomic E-state index is 0.876. The second-order valence-electron chi connectivity index (χ2n) is 6.48. The summed E-state index contributed by atoms with van der Waals surface area (Å²) in [7, 11) is 0. The molecule has 0 fully saturated rings. The molecule has 122 valence electrons. The van der Waals surface area contributed by atoms with Gasteiger partial charge in [0.1, 0.15) is 0 Å². The fourth-order valence-electron chi connectivity index (χ4n) is 3.40. The molecular weight excluding hydrogens is 316 g/mol. The van der Waals surface area contributed by atoms with Crippen LogP contribution in [0.2, 0.25) is 0 Å². The van der Waals surface area contributed by atoms with Gasteiger partial charge in [-0.05, 0) is 51.9 Å². The van der Waals surface area contributed by atoms with Gasteiger partial charge in [0.25, 0.3) is 0 Å². The predicted molar refractivity (Wildman–Crippen MR) is 109 cm³/mol. The van der Waals surface area contributed by atoms with Crippen LogP contribution in [0.15, 0.2) is 108 Å². The van der Waals surface area contributed by atoms with Crippen molar-refractivity contribution >= 4 is 21.5 Å². The maximum Gasteiger partial charge on any atom is 0.360 e. The van der Waals surface area contributed by atoms with Gasteiger partial charge in [-0.25, -0.2) is 4.42 Å². The molecule has 0 amide bonds. The Bertz CT molecular complexity index is 1140. The van der Waals surface area contributed by atoms with E-state index in [0.717, 1.165) is 22.6 Å². The van der Waals surface area contributed by atoms with E-state index in [1.54, 1.807) is 0 Å². The van der Waals surface area contributed by atoms with E-state index in [1.807, 2.05) is 12.1 Å². The van der Waals surface area contributed by atoms with Crippen LogP contribution in [0.25, 0.3) is 44.2 Å². The van der Waals surface area contributed by atoms with Gasteiger partial charge in [-0.3, -0.25) is 0 Å². The first-order valence-corrected chi connectivity index (χ1v) is 8.78. The third-order valence-corrected chi connectivity index (χ3v) is 4.78. The highest BCUT2D eigenvalue weighted by Crippen LogP contribution is 2.30. The zero-order chi connectivity index (χ0) is 17.3. The van der Waals surface area contributed by atoms with Gasteiger partial charge < -0.3 is 0 Å². The first kappa shape index (κ1) is 14.9. The van der Waals surface area contributed by atoms with Crippen molar-refractivity contribution in [3.05, 3.63) is 103 Å². The molecule has 0 bridgehead atoms. The number of rotatable bonds is 2. The van der Waals surface area contributed by atoms with Crippen molar-refractivity contribution in [3.8, 4) is 22.6 Å². The van der Waals surface area contributed by atoms with Crippen LogP contribution in [-0.2, 0) is 0 Å². The molecule has 0 radical (unpaired) electrons. The molecule has 1 heteroatoms. The average molecular weight is 333 g/mol. The van der Waals surface area contributed by atoms with E-state index in [1.165, 1.54) is 21.5 Å². The number of hydrogen-bond donors (Lipinski definition) is 0.